The van der Waals surface area contributed by atoms with Gasteiger partial charge in [0.2, 0.25) is 0 Å². The van der Waals surface area contributed by atoms with E-state index in [1.54, 1.807) is 0 Å². The van der Waals surface area contributed by atoms with Crippen molar-refractivity contribution in [1.29, 1.82) is 0 Å². The van der Waals surface area contributed by atoms with E-state index < -0.39 is 5.54 Å². The molecule has 1 rings (SSSR count). The predicted octanol–water partition coefficient (Wildman–Crippen LogP) is 3.29. The summed E-state index contributed by atoms with van der Waals surface area (Å²) in [6, 6.07) is 8.45. The Balaban J connectivity index is 2.82. The van der Waals surface area contributed by atoms with Crippen LogP contribution in [0.5, 0.6) is 0 Å². The van der Waals surface area contributed by atoms with Crippen LogP contribution in [0, 0.1) is 11.8 Å². The molecule has 1 aromatic carbocycles. The maximum Gasteiger partial charge on any atom is 0.0722 e. The molecule has 0 heterocycles. The zero-order chi connectivity index (χ0) is 12.2. The van der Waals surface area contributed by atoms with Crippen LogP contribution in [0.3, 0.4) is 0 Å². The van der Waals surface area contributed by atoms with Crippen molar-refractivity contribution in [2.75, 3.05) is 0 Å². The molecule has 1 heteroatoms. The van der Waals surface area contributed by atoms with Crippen molar-refractivity contribution in [2.45, 2.75) is 45.6 Å². The molecule has 1 unspecified atom stereocenters. The number of nitrogens with two attached hydrogens (primary N) is 1. The Labute approximate surface area is 99.1 Å². The Hall–Kier alpha value is -1.26. The van der Waals surface area contributed by atoms with Crippen LogP contribution >= 0.6 is 0 Å². The summed E-state index contributed by atoms with van der Waals surface area (Å²) in [6.45, 7) is 8.26. The van der Waals surface area contributed by atoms with Gasteiger partial charge in [0.1, 0.15) is 0 Å². The van der Waals surface area contributed by atoms with Crippen molar-refractivity contribution >= 4 is 0 Å². The molecule has 86 valence electrons. The molecule has 1 aromatic rings. The first kappa shape index (κ1) is 12.8. The lowest BCUT2D eigenvalue weighted by atomic mass is 9.97. The highest BCUT2D eigenvalue weighted by molar-refractivity contribution is 5.38. The SMILES string of the molecule is CCC(C)c1ccc(C#CC(C)(C)N)cc1. The third kappa shape index (κ3) is 4.08. The van der Waals surface area contributed by atoms with Crippen LogP contribution in [0.15, 0.2) is 24.3 Å². The second-order valence-corrected chi connectivity index (χ2v) is 4.90. The van der Waals surface area contributed by atoms with Gasteiger partial charge in [0.05, 0.1) is 5.54 Å². The van der Waals surface area contributed by atoms with Crippen molar-refractivity contribution in [3.05, 3.63) is 35.4 Å². The van der Waals surface area contributed by atoms with Crippen LogP contribution in [-0.4, -0.2) is 5.54 Å². The van der Waals surface area contributed by atoms with Gasteiger partial charge in [0.25, 0.3) is 0 Å². The Morgan fingerprint density at radius 3 is 2.25 bits per heavy atom. The van der Waals surface area contributed by atoms with Crippen molar-refractivity contribution in [1.82, 2.24) is 0 Å². The number of hydrogen-bond acceptors (Lipinski definition) is 1. The van der Waals surface area contributed by atoms with Crippen LogP contribution in [0.25, 0.3) is 0 Å². The van der Waals surface area contributed by atoms with Gasteiger partial charge in [-0.3, -0.25) is 0 Å². The van der Waals surface area contributed by atoms with Crippen molar-refractivity contribution < 1.29 is 0 Å². The number of hydrogen-bond donors (Lipinski definition) is 1. The summed E-state index contributed by atoms with van der Waals surface area (Å²) in [5.74, 6) is 6.74. The van der Waals surface area contributed by atoms with E-state index in [0.29, 0.717) is 5.92 Å². The summed E-state index contributed by atoms with van der Waals surface area (Å²) < 4.78 is 0. The average molecular weight is 215 g/mol. The number of benzene rings is 1. The molecular formula is C15H21N. The van der Waals surface area contributed by atoms with E-state index >= 15 is 0 Å². The van der Waals surface area contributed by atoms with Crippen molar-refractivity contribution in [2.24, 2.45) is 5.73 Å². The molecule has 1 nitrogen and oxygen atoms in total. The predicted molar refractivity (Wildman–Crippen MR) is 70.3 cm³/mol. The second kappa shape index (κ2) is 5.18. The van der Waals surface area contributed by atoms with Crippen molar-refractivity contribution in [3.63, 3.8) is 0 Å². The van der Waals surface area contributed by atoms with Crippen LogP contribution in [0.4, 0.5) is 0 Å². The minimum Gasteiger partial charge on any atom is -0.316 e. The first-order chi connectivity index (χ1) is 7.42. The summed E-state index contributed by atoms with van der Waals surface area (Å²) >= 11 is 0. The van der Waals surface area contributed by atoms with E-state index in [1.807, 2.05) is 13.8 Å². The van der Waals surface area contributed by atoms with Gasteiger partial charge in [0, 0.05) is 5.56 Å². The zero-order valence-corrected chi connectivity index (χ0v) is 10.7. The lowest BCUT2D eigenvalue weighted by molar-refractivity contribution is 0.680. The average Bonchev–Trinajstić information content (AvgIpc) is 2.25. The lowest BCUT2D eigenvalue weighted by Crippen LogP contribution is -2.29. The van der Waals surface area contributed by atoms with Gasteiger partial charge in [-0.1, -0.05) is 37.8 Å². The van der Waals surface area contributed by atoms with E-state index in [2.05, 4.69) is 50.0 Å². The van der Waals surface area contributed by atoms with Crippen LogP contribution in [-0.2, 0) is 0 Å². The first-order valence-electron chi connectivity index (χ1n) is 5.84. The van der Waals surface area contributed by atoms with E-state index in [0.717, 1.165) is 5.56 Å². The van der Waals surface area contributed by atoms with E-state index in [-0.39, 0.29) is 0 Å². The maximum absolute atomic E-state index is 5.81. The molecule has 0 saturated heterocycles. The quantitative estimate of drug-likeness (QED) is 0.753. The van der Waals surface area contributed by atoms with Gasteiger partial charge >= 0.3 is 0 Å². The molecule has 2 N–H and O–H groups in total. The Bertz CT molecular complexity index is 384. The normalized spacial score (nSPS) is 12.8. The fraction of sp³-hybridized carbons (Fsp3) is 0.467. The summed E-state index contributed by atoms with van der Waals surface area (Å²) in [6.07, 6.45) is 1.17. The minimum absolute atomic E-state index is 0.421. The second-order valence-electron chi connectivity index (χ2n) is 4.90. The molecule has 1 atom stereocenters. The molecule has 0 aliphatic heterocycles. The largest absolute Gasteiger partial charge is 0.316 e. The molecule has 0 aliphatic rings. The van der Waals surface area contributed by atoms with Gasteiger partial charge in [0.15, 0.2) is 0 Å². The molecule has 0 radical (unpaired) electrons. The van der Waals surface area contributed by atoms with Crippen LogP contribution in [0.1, 0.15) is 51.2 Å². The maximum atomic E-state index is 5.81. The Morgan fingerprint density at radius 2 is 1.81 bits per heavy atom. The zero-order valence-electron chi connectivity index (χ0n) is 10.7. The molecule has 0 spiro atoms. The molecule has 16 heavy (non-hydrogen) atoms. The van der Waals surface area contributed by atoms with Gasteiger partial charge in [-0.25, -0.2) is 0 Å². The summed E-state index contributed by atoms with van der Waals surface area (Å²) in [5.41, 5.74) is 7.80. The fourth-order valence-electron chi connectivity index (χ4n) is 1.36. The highest BCUT2D eigenvalue weighted by Gasteiger charge is 2.04. The fourth-order valence-corrected chi connectivity index (χ4v) is 1.36. The third-order valence-corrected chi connectivity index (χ3v) is 2.62. The Morgan fingerprint density at radius 1 is 1.25 bits per heavy atom. The molecule has 0 amide bonds. The molecular weight excluding hydrogens is 194 g/mol. The lowest BCUT2D eigenvalue weighted by Gasteiger charge is -2.09. The van der Waals surface area contributed by atoms with Gasteiger partial charge < -0.3 is 5.73 Å². The molecule has 0 bridgehead atoms. The van der Waals surface area contributed by atoms with Crippen LogP contribution < -0.4 is 5.73 Å². The van der Waals surface area contributed by atoms with Gasteiger partial charge in [-0.15, -0.1) is 0 Å². The van der Waals surface area contributed by atoms with Gasteiger partial charge in [-0.2, -0.15) is 0 Å². The summed E-state index contributed by atoms with van der Waals surface area (Å²) in [5, 5.41) is 0. The van der Waals surface area contributed by atoms with E-state index in [9.17, 15) is 0 Å². The molecule has 0 saturated carbocycles. The summed E-state index contributed by atoms with van der Waals surface area (Å²) in [4.78, 5) is 0. The van der Waals surface area contributed by atoms with E-state index in [1.165, 1.54) is 12.0 Å². The topological polar surface area (TPSA) is 26.0 Å². The molecule has 0 fully saturated rings. The molecule has 0 aliphatic carbocycles. The monoisotopic (exact) mass is 215 g/mol. The minimum atomic E-state index is -0.421. The Kier molecular flexibility index (Phi) is 4.15. The standard InChI is InChI=1S/C15H21N/c1-5-12(2)14-8-6-13(7-9-14)10-11-15(3,4)16/h6-9,12H,5,16H2,1-4H3. The number of rotatable bonds is 2. The highest BCUT2D eigenvalue weighted by atomic mass is 14.7. The first-order valence-corrected chi connectivity index (χ1v) is 5.84. The molecule has 0 aromatic heterocycles. The smallest absolute Gasteiger partial charge is 0.0722 e. The van der Waals surface area contributed by atoms with E-state index in [4.69, 9.17) is 5.73 Å². The van der Waals surface area contributed by atoms with Crippen molar-refractivity contribution in [3.8, 4) is 11.8 Å². The third-order valence-electron chi connectivity index (χ3n) is 2.62. The van der Waals surface area contributed by atoms with Gasteiger partial charge in [-0.05, 0) is 43.9 Å². The summed E-state index contributed by atoms with van der Waals surface area (Å²) in [7, 11) is 0. The highest BCUT2D eigenvalue weighted by Crippen LogP contribution is 2.18. The van der Waals surface area contributed by atoms with Crippen LogP contribution in [0.2, 0.25) is 0 Å².